The van der Waals surface area contributed by atoms with Crippen LogP contribution in [0.2, 0.25) is 0 Å². The fourth-order valence-electron chi connectivity index (χ4n) is 2.20. The van der Waals surface area contributed by atoms with E-state index in [1.54, 1.807) is 0 Å². The monoisotopic (exact) mass is 260 g/mol. The molecule has 1 aliphatic rings. The van der Waals surface area contributed by atoms with Crippen LogP contribution in [0.5, 0.6) is 0 Å². The highest BCUT2D eigenvalue weighted by Crippen LogP contribution is 2.25. The molecule has 96 valence electrons. The number of thiophene rings is 1. The maximum Gasteiger partial charge on any atom is 0.0346 e. The molecule has 1 aromatic carbocycles. The second kappa shape index (κ2) is 5.83. The molecule has 1 heterocycles. The number of benzene rings is 1. The van der Waals surface area contributed by atoms with Crippen LogP contribution in [0.4, 0.5) is 0 Å². The first-order valence-corrected chi connectivity index (χ1v) is 7.70. The average Bonchev–Trinajstić information content (AvgIpc) is 3.14. The Morgan fingerprint density at radius 3 is 2.94 bits per heavy atom. The van der Waals surface area contributed by atoms with Gasteiger partial charge < -0.3 is 10.6 Å². The van der Waals surface area contributed by atoms with Gasteiger partial charge in [-0.15, -0.1) is 11.3 Å². The molecule has 18 heavy (non-hydrogen) atoms. The molecule has 0 amide bonds. The molecule has 2 N–H and O–H groups in total. The van der Waals surface area contributed by atoms with Crippen molar-refractivity contribution in [2.45, 2.75) is 31.8 Å². The van der Waals surface area contributed by atoms with E-state index in [2.05, 4.69) is 40.3 Å². The minimum absolute atomic E-state index is 0.839. The Morgan fingerprint density at radius 1 is 1.17 bits per heavy atom. The first kappa shape index (κ1) is 12.2. The smallest absolute Gasteiger partial charge is 0.0346 e. The molecule has 0 unspecified atom stereocenters. The molecule has 3 heteroatoms. The van der Waals surface area contributed by atoms with E-state index in [4.69, 9.17) is 0 Å². The van der Waals surface area contributed by atoms with Gasteiger partial charge in [-0.2, -0.15) is 0 Å². The van der Waals surface area contributed by atoms with E-state index in [9.17, 15) is 0 Å². The molecule has 0 aliphatic heterocycles. The third-order valence-electron chi connectivity index (χ3n) is 3.42. The summed E-state index contributed by atoms with van der Waals surface area (Å²) in [5.41, 5.74) is 1.44. The van der Waals surface area contributed by atoms with Gasteiger partial charge in [-0.1, -0.05) is 18.2 Å². The molecular weight excluding hydrogens is 240 g/mol. The van der Waals surface area contributed by atoms with Crippen LogP contribution in [0.3, 0.4) is 0 Å². The van der Waals surface area contributed by atoms with Gasteiger partial charge in [0.05, 0.1) is 0 Å². The van der Waals surface area contributed by atoms with Crippen molar-refractivity contribution in [3.8, 4) is 0 Å². The number of rotatable bonds is 7. The minimum atomic E-state index is 0.839. The second-order valence-electron chi connectivity index (χ2n) is 5.02. The van der Waals surface area contributed by atoms with Crippen LogP contribution in [-0.4, -0.2) is 19.1 Å². The summed E-state index contributed by atoms with van der Waals surface area (Å²) < 4.78 is 1.39. The van der Waals surface area contributed by atoms with Gasteiger partial charge in [0.2, 0.25) is 0 Å². The van der Waals surface area contributed by atoms with Crippen LogP contribution in [-0.2, 0) is 6.54 Å². The summed E-state index contributed by atoms with van der Waals surface area (Å²) >= 11 is 1.84. The Bertz CT molecular complexity index is 502. The highest BCUT2D eigenvalue weighted by Gasteiger charge is 2.19. The van der Waals surface area contributed by atoms with Gasteiger partial charge in [0.15, 0.2) is 0 Å². The molecule has 1 aliphatic carbocycles. The molecule has 1 saturated carbocycles. The van der Waals surface area contributed by atoms with Crippen LogP contribution in [0.1, 0.15) is 24.8 Å². The molecular formula is C15H20N2S. The highest BCUT2D eigenvalue weighted by atomic mass is 32.1. The van der Waals surface area contributed by atoms with Crippen LogP contribution < -0.4 is 10.6 Å². The van der Waals surface area contributed by atoms with Crippen molar-refractivity contribution in [2.24, 2.45) is 0 Å². The fraction of sp³-hybridized carbons (Fsp3) is 0.467. The summed E-state index contributed by atoms with van der Waals surface area (Å²) in [6.45, 7) is 3.25. The van der Waals surface area contributed by atoms with Crippen LogP contribution in [0, 0.1) is 0 Å². The van der Waals surface area contributed by atoms with E-state index in [-0.39, 0.29) is 0 Å². The third kappa shape index (κ3) is 3.10. The van der Waals surface area contributed by atoms with E-state index in [1.807, 2.05) is 11.3 Å². The molecule has 1 aromatic heterocycles. The highest BCUT2D eigenvalue weighted by molar-refractivity contribution is 7.17. The van der Waals surface area contributed by atoms with Crippen molar-refractivity contribution in [2.75, 3.05) is 13.1 Å². The molecule has 0 saturated heterocycles. The van der Waals surface area contributed by atoms with Crippen molar-refractivity contribution in [1.29, 1.82) is 0 Å². The van der Waals surface area contributed by atoms with Gasteiger partial charge in [-0.3, -0.25) is 0 Å². The lowest BCUT2D eigenvalue weighted by atomic mass is 10.2. The molecule has 2 aromatic rings. The first-order chi connectivity index (χ1) is 8.93. The van der Waals surface area contributed by atoms with Gasteiger partial charge in [0.25, 0.3) is 0 Å². The summed E-state index contributed by atoms with van der Waals surface area (Å²) in [6, 6.07) is 9.49. The van der Waals surface area contributed by atoms with Crippen molar-refractivity contribution < 1.29 is 0 Å². The Balaban J connectivity index is 1.41. The van der Waals surface area contributed by atoms with Gasteiger partial charge in [0, 0.05) is 17.3 Å². The van der Waals surface area contributed by atoms with Gasteiger partial charge in [0.1, 0.15) is 0 Å². The van der Waals surface area contributed by atoms with E-state index in [0.717, 1.165) is 25.7 Å². The summed E-state index contributed by atoms with van der Waals surface area (Å²) in [6.07, 6.45) is 3.99. The zero-order chi connectivity index (χ0) is 12.2. The van der Waals surface area contributed by atoms with Crippen molar-refractivity contribution in [3.05, 3.63) is 35.2 Å². The SMILES string of the molecule is c1ccc2c(CNCCCNC3CC3)csc2c1. The Labute approximate surface area is 112 Å². The molecule has 0 atom stereocenters. The lowest BCUT2D eigenvalue weighted by Crippen LogP contribution is -2.23. The predicted molar refractivity (Wildman–Crippen MR) is 79.2 cm³/mol. The number of fused-ring (bicyclic) bond motifs is 1. The molecule has 3 rings (SSSR count). The van der Waals surface area contributed by atoms with Gasteiger partial charge >= 0.3 is 0 Å². The van der Waals surface area contributed by atoms with Crippen LogP contribution >= 0.6 is 11.3 Å². The van der Waals surface area contributed by atoms with E-state index in [0.29, 0.717) is 0 Å². The molecule has 2 nitrogen and oxygen atoms in total. The first-order valence-electron chi connectivity index (χ1n) is 6.83. The van der Waals surface area contributed by atoms with Crippen LogP contribution in [0.15, 0.2) is 29.6 Å². The van der Waals surface area contributed by atoms with Crippen molar-refractivity contribution in [3.63, 3.8) is 0 Å². The van der Waals surface area contributed by atoms with Gasteiger partial charge in [-0.25, -0.2) is 0 Å². The molecule has 0 radical (unpaired) electrons. The third-order valence-corrected chi connectivity index (χ3v) is 4.43. The number of nitrogens with one attached hydrogen (secondary N) is 2. The van der Waals surface area contributed by atoms with E-state index in [1.165, 1.54) is 34.9 Å². The maximum atomic E-state index is 3.54. The fourth-order valence-corrected chi connectivity index (χ4v) is 3.16. The molecule has 0 spiro atoms. The lowest BCUT2D eigenvalue weighted by molar-refractivity contribution is 0.594. The van der Waals surface area contributed by atoms with Crippen LogP contribution in [0.25, 0.3) is 10.1 Å². The van der Waals surface area contributed by atoms with Crippen molar-refractivity contribution >= 4 is 21.4 Å². The Hall–Kier alpha value is -0.900. The summed E-state index contributed by atoms with van der Waals surface area (Å²) in [4.78, 5) is 0. The topological polar surface area (TPSA) is 24.1 Å². The number of hydrogen-bond acceptors (Lipinski definition) is 3. The normalized spacial score (nSPS) is 15.3. The van der Waals surface area contributed by atoms with E-state index < -0.39 is 0 Å². The zero-order valence-electron chi connectivity index (χ0n) is 10.6. The number of hydrogen-bond donors (Lipinski definition) is 2. The molecule has 1 fully saturated rings. The largest absolute Gasteiger partial charge is 0.314 e. The predicted octanol–water partition coefficient (Wildman–Crippen LogP) is 3.13. The van der Waals surface area contributed by atoms with Crippen molar-refractivity contribution in [1.82, 2.24) is 10.6 Å². The minimum Gasteiger partial charge on any atom is -0.314 e. The summed E-state index contributed by atoms with van der Waals surface area (Å²) in [5.74, 6) is 0. The summed E-state index contributed by atoms with van der Waals surface area (Å²) in [7, 11) is 0. The lowest BCUT2D eigenvalue weighted by Gasteiger charge is -2.05. The standard InChI is InChI=1S/C15H20N2S/c1-2-5-15-14(4-1)12(11-18-15)10-16-8-3-9-17-13-6-7-13/h1-2,4-5,11,13,16-17H,3,6-10H2. The summed E-state index contributed by atoms with van der Waals surface area (Å²) in [5, 5.41) is 10.8. The second-order valence-corrected chi connectivity index (χ2v) is 5.93. The maximum absolute atomic E-state index is 3.54. The average molecular weight is 260 g/mol. The zero-order valence-corrected chi connectivity index (χ0v) is 11.4. The quantitative estimate of drug-likeness (QED) is 0.747. The van der Waals surface area contributed by atoms with E-state index >= 15 is 0 Å². The van der Waals surface area contributed by atoms with Gasteiger partial charge in [-0.05, 0) is 54.7 Å². The Kier molecular flexibility index (Phi) is 3.93. The Morgan fingerprint density at radius 2 is 2.06 bits per heavy atom. The molecule has 0 bridgehead atoms.